The molecule has 0 fully saturated rings. The number of ether oxygens (including phenoxy) is 1. The minimum atomic E-state index is -0.339. The van der Waals surface area contributed by atoms with Crippen molar-refractivity contribution in [3.05, 3.63) is 41.5 Å². The molecule has 0 amide bonds. The van der Waals surface area contributed by atoms with Crippen molar-refractivity contribution in [2.24, 2.45) is 0 Å². The molecule has 0 saturated carbocycles. The van der Waals surface area contributed by atoms with Crippen molar-refractivity contribution in [1.82, 2.24) is 0 Å². The van der Waals surface area contributed by atoms with E-state index in [1.807, 2.05) is 24.3 Å². The summed E-state index contributed by atoms with van der Waals surface area (Å²) in [6.45, 7) is 0. The van der Waals surface area contributed by atoms with E-state index in [9.17, 15) is 4.79 Å². The van der Waals surface area contributed by atoms with Crippen LogP contribution < -0.4 is 0 Å². The fourth-order valence-corrected chi connectivity index (χ4v) is 1.55. The molecule has 0 aliphatic heterocycles. The minimum Gasteiger partial charge on any atom is -0.466 e. The molecule has 2 nitrogen and oxygen atoms in total. The molecule has 1 aromatic carbocycles. The van der Waals surface area contributed by atoms with Gasteiger partial charge in [-0.15, -0.1) is 0 Å². The summed E-state index contributed by atoms with van der Waals surface area (Å²) in [6.07, 6.45) is 3.17. The maximum atomic E-state index is 10.9. The number of benzene rings is 1. The number of halogens is 1. The lowest BCUT2D eigenvalue weighted by molar-refractivity contribution is -0.134. The average molecular weight is 255 g/mol. The number of alkyl halides is 1. The number of carbonyl (C=O) groups is 1. The van der Waals surface area contributed by atoms with E-state index in [1.54, 1.807) is 6.08 Å². The van der Waals surface area contributed by atoms with Crippen LogP contribution >= 0.6 is 15.9 Å². The smallest absolute Gasteiger partial charge is 0.330 e. The first-order chi connectivity index (χ1) is 6.77. The Kier molecular flexibility index (Phi) is 4.40. The highest BCUT2D eigenvalue weighted by Crippen LogP contribution is 2.13. The van der Waals surface area contributed by atoms with Gasteiger partial charge in [0.2, 0.25) is 0 Å². The van der Waals surface area contributed by atoms with E-state index in [1.165, 1.54) is 13.2 Å². The molecule has 0 unspecified atom stereocenters. The van der Waals surface area contributed by atoms with Crippen molar-refractivity contribution < 1.29 is 9.53 Å². The lowest BCUT2D eigenvalue weighted by Gasteiger charge is -2.00. The molecule has 0 N–H and O–H groups in total. The molecule has 74 valence electrons. The van der Waals surface area contributed by atoms with Crippen LogP contribution in [0, 0.1) is 0 Å². The van der Waals surface area contributed by atoms with E-state index >= 15 is 0 Å². The second-order valence-electron chi connectivity index (χ2n) is 2.69. The predicted octanol–water partition coefficient (Wildman–Crippen LogP) is 2.77. The molecule has 0 aliphatic carbocycles. The fraction of sp³-hybridized carbons (Fsp3) is 0.182. The van der Waals surface area contributed by atoms with Gasteiger partial charge in [-0.3, -0.25) is 0 Å². The van der Waals surface area contributed by atoms with Crippen LogP contribution in [0.2, 0.25) is 0 Å². The molecule has 1 rings (SSSR count). The zero-order valence-electron chi connectivity index (χ0n) is 7.87. The summed E-state index contributed by atoms with van der Waals surface area (Å²) in [5, 5.41) is 0.773. The van der Waals surface area contributed by atoms with Gasteiger partial charge in [-0.05, 0) is 17.2 Å². The third-order valence-corrected chi connectivity index (χ3v) is 2.40. The van der Waals surface area contributed by atoms with Crippen molar-refractivity contribution in [3.63, 3.8) is 0 Å². The second kappa shape index (κ2) is 5.60. The van der Waals surface area contributed by atoms with Gasteiger partial charge in [-0.2, -0.15) is 0 Å². The SMILES string of the molecule is COC(=O)C=Cc1ccccc1CBr. The number of hydrogen-bond acceptors (Lipinski definition) is 2. The lowest BCUT2D eigenvalue weighted by atomic mass is 10.1. The fourth-order valence-electron chi connectivity index (χ4n) is 1.04. The Labute approximate surface area is 91.7 Å². The molecule has 3 heteroatoms. The third-order valence-electron chi connectivity index (χ3n) is 1.80. The maximum Gasteiger partial charge on any atom is 0.330 e. The van der Waals surface area contributed by atoms with Crippen LogP contribution in [-0.2, 0) is 14.9 Å². The van der Waals surface area contributed by atoms with Crippen LogP contribution in [-0.4, -0.2) is 13.1 Å². The Morgan fingerprint density at radius 1 is 1.50 bits per heavy atom. The Morgan fingerprint density at radius 2 is 2.21 bits per heavy atom. The van der Waals surface area contributed by atoms with Crippen LogP contribution in [0.3, 0.4) is 0 Å². The second-order valence-corrected chi connectivity index (χ2v) is 3.25. The predicted molar refractivity (Wildman–Crippen MR) is 60.1 cm³/mol. The summed E-state index contributed by atoms with van der Waals surface area (Å²) >= 11 is 3.38. The highest BCUT2D eigenvalue weighted by Gasteiger charge is 1.97. The van der Waals surface area contributed by atoms with Gasteiger partial charge in [0.05, 0.1) is 7.11 Å². The first-order valence-corrected chi connectivity index (χ1v) is 5.30. The van der Waals surface area contributed by atoms with Crippen molar-refractivity contribution >= 4 is 28.0 Å². The highest BCUT2D eigenvalue weighted by atomic mass is 79.9. The van der Waals surface area contributed by atoms with Gasteiger partial charge in [-0.1, -0.05) is 40.2 Å². The molecule has 0 spiro atoms. The van der Waals surface area contributed by atoms with Crippen molar-refractivity contribution in [2.45, 2.75) is 5.33 Å². The first kappa shape index (κ1) is 11.0. The number of methoxy groups -OCH3 is 1. The van der Waals surface area contributed by atoms with E-state index in [-0.39, 0.29) is 5.97 Å². The van der Waals surface area contributed by atoms with Crippen molar-refractivity contribution in [2.75, 3.05) is 7.11 Å². The third kappa shape index (κ3) is 3.00. The van der Waals surface area contributed by atoms with E-state index in [2.05, 4.69) is 20.7 Å². The summed E-state index contributed by atoms with van der Waals surface area (Å²) in [5.41, 5.74) is 2.17. The summed E-state index contributed by atoms with van der Waals surface area (Å²) in [7, 11) is 1.36. The molecule has 0 aliphatic rings. The maximum absolute atomic E-state index is 10.9. The molecular formula is C11H11BrO2. The van der Waals surface area contributed by atoms with Crippen LogP contribution in [0.15, 0.2) is 30.3 Å². The minimum absolute atomic E-state index is 0.339. The molecule has 0 bridgehead atoms. The lowest BCUT2D eigenvalue weighted by Crippen LogP contribution is -1.93. The Balaban J connectivity index is 2.85. The van der Waals surface area contributed by atoms with Gasteiger partial charge in [0.1, 0.15) is 0 Å². The van der Waals surface area contributed by atoms with E-state index in [4.69, 9.17) is 0 Å². The molecule has 0 atom stereocenters. The van der Waals surface area contributed by atoms with Crippen molar-refractivity contribution in [3.8, 4) is 0 Å². The molecule has 14 heavy (non-hydrogen) atoms. The molecular weight excluding hydrogens is 244 g/mol. The molecule has 0 saturated heterocycles. The van der Waals surface area contributed by atoms with Gasteiger partial charge < -0.3 is 4.74 Å². The number of carbonyl (C=O) groups excluding carboxylic acids is 1. The average Bonchev–Trinajstić information content (AvgIpc) is 2.26. The van der Waals surface area contributed by atoms with Crippen LogP contribution in [0.5, 0.6) is 0 Å². The number of hydrogen-bond donors (Lipinski definition) is 0. The Hall–Kier alpha value is -1.09. The first-order valence-electron chi connectivity index (χ1n) is 4.18. The largest absolute Gasteiger partial charge is 0.466 e. The van der Waals surface area contributed by atoms with E-state index in [0.29, 0.717) is 0 Å². The van der Waals surface area contributed by atoms with Crippen molar-refractivity contribution in [1.29, 1.82) is 0 Å². The number of esters is 1. The quantitative estimate of drug-likeness (QED) is 0.471. The monoisotopic (exact) mass is 254 g/mol. The zero-order valence-corrected chi connectivity index (χ0v) is 9.45. The highest BCUT2D eigenvalue weighted by molar-refractivity contribution is 9.08. The Bertz CT molecular complexity index is 345. The van der Waals surface area contributed by atoms with Gasteiger partial charge in [0.25, 0.3) is 0 Å². The number of rotatable bonds is 3. The summed E-state index contributed by atoms with van der Waals surface area (Å²) in [4.78, 5) is 10.9. The normalized spacial score (nSPS) is 10.4. The molecule has 0 radical (unpaired) electrons. The van der Waals surface area contributed by atoms with Gasteiger partial charge in [0, 0.05) is 11.4 Å². The van der Waals surface area contributed by atoms with Gasteiger partial charge in [0.15, 0.2) is 0 Å². The molecule has 0 aromatic heterocycles. The van der Waals surface area contributed by atoms with E-state index < -0.39 is 0 Å². The van der Waals surface area contributed by atoms with Crippen LogP contribution in [0.1, 0.15) is 11.1 Å². The van der Waals surface area contributed by atoms with E-state index in [0.717, 1.165) is 16.5 Å². The standard InChI is InChI=1S/C11H11BrO2/c1-14-11(13)7-6-9-4-2-3-5-10(9)8-12/h2-7H,8H2,1H3. The van der Waals surface area contributed by atoms with Crippen LogP contribution in [0.4, 0.5) is 0 Å². The summed E-state index contributed by atoms with van der Waals surface area (Å²) in [6, 6.07) is 7.86. The summed E-state index contributed by atoms with van der Waals surface area (Å²) < 4.78 is 4.51. The zero-order chi connectivity index (χ0) is 10.4. The van der Waals surface area contributed by atoms with Gasteiger partial charge in [-0.25, -0.2) is 4.79 Å². The summed E-state index contributed by atoms with van der Waals surface area (Å²) in [5.74, 6) is -0.339. The topological polar surface area (TPSA) is 26.3 Å². The molecule has 1 aromatic rings. The van der Waals surface area contributed by atoms with Gasteiger partial charge >= 0.3 is 5.97 Å². The Morgan fingerprint density at radius 3 is 2.86 bits per heavy atom. The van der Waals surface area contributed by atoms with Crippen LogP contribution in [0.25, 0.3) is 6.08 Å². The molecule has 0 heterocycles.